The molecule has 3 heteroatoms. The maximum atomic E-state index is 11.5. The highest BCUT2D eigenvalue weighted by Crippen LogP contribution is 2.23. The predicted octanol–water partition coefficient (Wildman–Crippen LogP) is 2.63. The van der Waals surface area contributed by atoms with Gasteiger partial charge in [0, 0.05) is 12.5 Å². The Morgan fingerprint density at radius 2 is 1.94 bits per heavy atom. The van der Waals surface area contributed by atoms with Crippen molar-refractivity contribution < 1.29 is 9.53 Å². The van der Waals surface area contributed by atoms with Crippen LogP contribution in [0.25, 0.3) is 0 Å². The second kappa shape index (κ2) is 6.43. The fraction of sp³-hybridized carbons (Fsp3) is 0.533. The zero-order chi connectivity index (χ0) is 13.7. The summed E-state index contributed by atoms with van der Waals surface area (Å²) in [6, 6.07) is 4.06. The SMILES string of the molecule is COc1ccc(CCNC(=O)C(C)C)c(C)c1C. The third-order valence-electron chi connectivity index (χ3n) is 3.29. The lowest BCUT2D eigenvalue weighted by molar-refractivity contribution is -0.123. The first-order chi connectivity index (χ1) is 8.47. The van der Waals surface area contributed by atoms with Crippen LogP contribution in [0, 0.1) is 19.8 Å². The van der Waals surface area contributed by atoms with E-state index in [9.17, 15) is 4.79 Å². The van der Waals surface area contributed by atoms with E-state index in [1.54, 1.807) is 7.11 Å². The van der Waals surface area contributed by atoms with Gasteiger partial charge in [0.05, 0.1) is 7.11 Å². The number of methoxy groups -OCH3 is 1. The number of hydrogen-bond acceptors (Lipinski definition) is 2. The monoisotopic (exact) mass is 249 g/mol. The molecule has 0 aromatic heterocycles. The molecule has 100 valence electrons. The molecule has 0 heterocycles. The Bertz CT molecular complexity index is 425. The molecule has 1 amide bonds. The summed E-state index contributed by atoms with van der Waals surface area (Å²) < 4.78 is 5.29. The van der Waals surface area contributed by atoms with E-state index in [2.05, 4.69) is 25.2 Å². The van der Waals surface area contributed by atoms with Gasteiger partial charge in [0.1, 0.15) is 5.75 Å². The Morgan fingerprint density at radius 3 is 2.50 bits per heavy atom. The third kappa shape index (κ3) is 3.49. The quantitative estimate of drug-likeness (QED) is 0.871. The van der Waals surface area contributed by atoms with Crippen molar-refractivity contribution in [3.8, 4) is 5.75 Å². The van der Waals surface area contributed by atoms with E-state index >= 15 is 0 Å². The molecule has 1 aromatic carbocycles. The van der Waals surface area contributed by atoms with Gasteiger partial charge in [-0.15, -0.1) is 0 Å². The van der Waals surface area contributed by atoms with Crippen LogP contribution in [0.5, 0.6) is 5.75 Å². The highest BCUT2D eigenvalue weighted by atomic mass is 16.5. The van der Waals surface area contributed by atoms with Crippen LogP contribution in [0.2, 0.25) is 0 Å². The second-order valence-corrected chi connectivity index (χ2v) is 4.87. The molecule has 1 rings (SSSR count). The summed E-state index contributed by atoms with van der Waals surface area (Å²) in [5.41, 5.74) is 3.68. The average Bonchev–Trinajstić information content (AvgIpc) is 2.34. The maximum Gasteiger partial charge on any atom is 0.222 e. The van der Waals surface area contributed by atoms with Crippen LogP contribution >= 0.6 is 0 Å². The molecule has 0 unspecified atom stereocenters. The van der Waals surface area contributed by atoms with Crippen LogP contribution in [-0.4, -0.2) is 19.6 Å². The first-order valence-electron chi connectivity index (χ1n) is 6.38. The summed E-state index contributed by atoms with van der Waals surface area (Å²) in [5.74, 6) is 1.07. The van der Waals surface area contributed by atoms with Gasteiger partial charge in [-0.1, -0.05) is 19.9 Å². The minimum atomic E-state index is 0.0451. The lowest BCUT2D eigenvalue weighted by Gasteiger charge is -2.13. The number of carbonyl (C=O) groups excluding carboxylic acids is 1. The van der Waals surface area contributed by atoms with E-state index in [0.29, 0.717) is 6.54 Å². The number of ether oxygens (including phenoxy) is 1. The fourth-order valence-corrected chi connectivity index (χ4v) is 1.87. The van der Waals surface area contributed by atoms with E-state index in [4.69, 9.17) is 4.74 Å². The molecule has 0 aliphatic heterocycles. The Hall–Kier alpha value is -1.51. The van der Waals surface area contributed by atoms with Crippen molar-refractivity contribution in [3.63, 3.8) is 0 Å². The van der Waals surface area contributed by atoms with Crippen molar-refractivity contribution in [1.82, 2.24) is 5.32 Å². The molecule has 0 radical (unpaired) electrons. The number of rotatable bonds is 5. The van der Waals surface area contributed by atoms with E-state index in [1.807, 2.05) is 19.9 Å². The summed E-state index contributed by atoms with van der Waals surface area (Å²) in [6.07, 6.45) is 0.856. The van der Waals surface area contributed by atoms with Crippen molar-refractivity contribution in [2.24, 2.45) is 5.92 Å². The average molecular weight is 249 g/mol. The van der Waals surface area contributed by atoms with Gasteiger partial charge < -0.3 is 10.1 Å². The smallest absolute Gasteiger partial charge is 0.222 e. The van der Waals surface area contributed by atoms with Crippen LogP contribution < -0.4 is 10.1 Å². The van der Waals surface area contributed by atoms with Crippen molar-refractivity contribution in [2.75, 3.05) is 13.7 Å². The molecular weight excluding hydrogens is 226 g/mol. The zero-order valence-electron chi connectivity index (χ0n) is 12.0. The van der Waals surface area contributed by atoms with Gasteiger partial charge in [-0.05, 0) is 43.0 Å². The van der Waals surface area contributed by atoms with Gasteiger partial charge in [-0.25, -0.2) is 0 Å². The van der Waals surface area contributed by atoms with E-state index < -0.39 is 0 Å². The van der Waals surface area contributed by atoms with E-state index in [1.165, 1.54) is 16.7 Å². The number of hydrogen-bond donors (Lipinski definition) is 1. The largest absolute Gasteiger partial charge is 0.496 e. The first-order valence-corrected chi connectivity index (χ1v) is 6.38. The van der Waals surface area contributed by atoms with Crippen LogP contribution in [0.15, 0.2) is 12.1 Å². The summed E-state index contributed by atoms with van der Waals surface area (Å²) >= 11 is 0. The standard InChI is InChI=1S/C15H23NO2/c1-10(2)15(17)16-9-8-13-6-7-14(18-5)12(4)11(13)3/h6-7,10H,8-9H2,1-5H3,(H,16,17). The van der Waals surface area contributed by atoms with Crippen LogP contribution in [0.4, 0.5) is 0 Å². The minimum Gasteiger partial charge on any atom is -0.496 e. The molecule has 0 aliphatic rings. The normalized spacial score (nSPS) is 10.6. The first kappa shape index (κ1) is 14.6. The number of nitrogens with one attached hydrogen (secondary N) is 1. The van der Waals surface area contributed by atoms with Gasteiger partial charge in [-0.3, -0.25) is 4.79 Å². The Balaban J connectivity index is 2.64. The zero-order valence-corrected chi connectivity index (χ0v) is 12.0. The second-order valence-electron chi connectivity index (χ2n) is 4.87. The molecule has 3 nitrogen and oxygen atoms in total. The Kier molecular flexibility index (Phi) is 5.20. The van der Waals surface area contributed by atoms with Crippen molar-refractivity contribution in [3.05, 3.63) is 28.8 Å². The minimum absolute atomic E-state index is 0.0451. The van der Waals surface area contributed by atoms with Crippen molar-refractivity contribution in [2.45, 2.75) is 34.1 Å². The molecule has 1 N–H and O–H groups in total. The summed E-state index contributed by atoms with van der Waals surface area (Å²) in [6.45, 7) is 8.64. The topological polar surface area (TPSA) is 38.3 Å². The molecule has 0 saturated heterocycles. The summed E-state index contributed by atoms with van der Waals surface area (Å²) in [5, 5.41) is 2.94. The van der Waals surface area contributed by atoms with Gasteiger partial charge in [-0.2, -0.15) is 0 Å². The molecule has 0 bridgehead atoms. The van der Waals surface area contributed by atoms with Crippen molar-refractivity contribution >= 4 is 5.91 Å². The van der Waals surface area contributed by atoms with E-state index in [0.717, 1.165) is 12.2 Å². The Morgan fingerprint density at radius 1 is 1.28 bits per heavy atom. The van der Waals surface area contributed by atoms with Crippen LogP contribution in [0.3, 0.4) is 0 Å². The van der Waals surface area contributed by atoms with Crippen LogP contribution in [0.1, 0.15) is 30.5 Å². The molecule has 0 atom stereocenters. The highest BCUT2D eigenvalue weighted by Gasteiger charge is 2.08. The molecule has 0 aliphatic carbocycles. The lowest BCUT2D eigenvalue weighted by Crippen LogP contribution is -2.29. The molecule has 0 fully saturated rings. The van der Waals surface area contributed by atoms with E-state index in [-0.39, 0.29) is 11.8 Å². The van der Waals surface area contributed by atoms with Crippen LogP contribution in [-0.2, 0) is 11.2 Å². The molecule has 18 heavy (non-hydrogen) atoms. The van der Waals surface area contributed by atoms with Gasteiger partial charge in [0.25, 0.3) is 0 Å². The van der Waals surface area contributed by atoms with Gasteiger partial charge in [0.2, 0.25) is 5.91 Å². The third-order valence-corrected chi connectivity index (χ3v) is 3.29. The summed E-state index contributed by atoms with van der Waals surface area (Å²) in [7, 11) is 1.68. The molecule has 1 aromatic rings. The lowest BCUT2D eigenvalue weighted by atomic mass is 10.00. The fourth-order valence-electron chi connectivity index (χ4n) is 1.87. The van der Waals surface area contributed by atoms with Gasteiger partial charge in [0.15, 0.2) is 0 Å². The number of benzene rings is 1. The molecule has 0 saturated carbocycles. The van der Waals surface area contributed by atoms with Gasteiger partial charge >= 0.3 is 0 Å². The maximum absolute atomic E-state index is 11.5. The van der Waals surface area contributed by atoms with Crippen molar-refractivity contribution in [1.29, 1.82) is 0 Å². The molecule has 0 spiro atoms. The number of carbonyl (C=O) groups is 1. The highest BCUT2D eigenvalue weighted by molar-refractivity contribution is 5.77. The molecular formula is C15H23NO2. The predicted molar refractivity (Wildman–Crippen MR) is 74.0 cm³/mol. The summed E-state index contributed by atoms with van der Waals surface area (Å²) in [4.78, 5) is 11.5. The Labute approximate surface area is 110 Å². The number of amides is 1.